The molecule has 0 aliphatic rings. The molecule has 0 aliphatic heterocycles. The van der Waals surface area contributed by atoms with Gasteiger partial charge < -0.3 is 20.1 Å². The van der Waals surface area contributed by atoms with Crippen molar-refractivity contribution in [2.24, 2.45) is 5.73 Å². The van der Waals surface area contributed by atoms with Gasteiger partial charge in [-0.15, -0.1) is 0 Å². The zero-order valence-corrected chi connectivity index (χ0v) is 43.6. The van der Waals surface area contributed by atoms with Crippen molar-refractivity contribution in [3.05, 3.63) is 60.8 Å². The summed E-state index contributed by atoms with van der Waals surface area (Å²) in [6.07, 6.45) is 64.9. The van der Waals surface area contributed by atoms with Gasteiger partial charge in [-0.2, -0.15) is 0 Å². The molecule has 0 aromatic carbocycles. The van der Waals surface area contributed by atoms with Crippen LogP contribution in [0.15, 0.2) is 60.8 Å². The Morgan fingerprint density at radius 2 is 0.833 bits per heavy atom. The third kappa shape index (κ3) is 51.1. The molecule has 0 bridgehead atoms. The summed E-state index contributed by atoms with van der Waals surface area (Å²) in [6, 6.07) is 0. The fourth-order valence-corrected chi connectivity index (χ4v) is 8.43. The van der Waals surface area contributed by atoms with E-state index in [1.165, 1.54) is 148 Å². The molecule has 0 radical (unpaired) electrons. The maximum atomic E-state index is 12.6. The second kappa shape index (κ2) is 52.1. The molecule has 2 atom stereocenters. The molecule has 0 rings (SSSR count). The normalized spacial score (nSPS) is 13.6. The Kier molecular flexibility index (Phi) is 50.3. The fraction of sp³-hybridized carbons (Fsp3) is 0.786. The van der Waals surface area contributed by atoms with Crippen LogP contribution in [0.3, 0.4) is 0 Å². The zero-order valence-electron chi connectivity index (χ0n) is 42.7. The molecule has 0 aromatic rings. The van der Waals surface area contributed by atoms with Gasteiger partial charge in [0.05, 0.1) is 13.2 Å². The van der Waals surface area contributed by atoms with E-state index < -0.39 is 26.5 Å². The summed E-state index contributed by atoms with van der Waals surface area (Å²) in [5.74, 6) is -0.830. The maximum Gasteiger partial charge on any atom is 0.472 e. The van der Waals surface area contributed by atoms with E-state index in [1.54, 1.807) is 0 Å². The molecule has 66 heavy (non-hydrogen) atoms. The van der Waals surface area contributed by atoms with Crippen molar-refractivity contribution in [1.82, 2.24) is 0 Å². The van der Waals surface area contributed by atoms with Crippen LogP contribution in [-0.4, -0.2) is 49.3 Å². The first-order valence-electron chi connectivity index (χ1n) is 27.3. The van der Waals surface area contributed by atoms with Gasteiger partial charge in [-0.3, -0.25) is 18.6 Å². The number of phosphoric ester groups is 1. The van der Waals surface area contributed by atoms with Crippen molar-refractivity contribution < 1.29 is 37.6 Å². The zero-order chi connectivity index (χ0) is 48.1. The Labute approximate surface area is 406 Å². The van der Waals surface area contributed by atoms with Gasteiger partial charge in [-0.25, -0.2) is 4.57 Å². The number of rotatable bonds is 51. The smallest absolute Gasteiger partial charge is 0.462 e. The number of hydrogen-bond acceptors (Lipinski definition) is 8. The summed E-state index contributed by atoms with van der Waals surface area (Å²) in [6.45, 7) is 3.57. The fourth-order valence-electron chi connectivity index (χ4n) is 7.66. The minimum Gasteiger partial charge on any atom is -0.462 e. The number of unbranched alkanes of at least 4 members (excludes halogenated alkanes) is 28. The molecule has 3 N–H and O–H groups in total. The van der Waals surface area contributed by atoms with Crippen molar-refractivity contribution in [3.63, 3.8) is 0 Å². The third-order valence-electron chi connectivity index (χ3n) is 11.7. The molecule has 0 aromatic heterocycles. The van der Waals surface area contributed by atoms with Gasteiger partial charge in [0.15, 0.2) is 6.10 Å². The molecule has 0 saturated heterocycles. The summed E-state index contributed by atoms with van der Waals surface area (Å²) in [7, 11) is -4.37. The topological polar surface area (TPSA) is 134 Å². The summed E-state index contributed by atoms with van der Waals surface area (Å²) < 4.78 is 32.7. The first-order chi connectivity index (χ1) is 32.3. The third-order valence-corrected chi connectivity index (χ3v) is 12.7. The lowest BCUT2D eigenvalue weighted by atomic mass is 10.0. The first kappa shape index (κ1) is 63.7. The molecule has 384 valence electrons. The van der Waals surface area contributed by atoms with E-state index >= 15 is 0 Å². The predicted octanol–water partition coefficient (Wildman–Crippen LogP) is 16.8. The minimum absolute atomic E-state index is 0.0547. The number of nitrogens with two attached hydrogens (primary N) is 1. The van der Waals surface area contributed by atoms with Crippen LogP contribution in [0, 0.1) is 0 Å². The van der Waals surface area contributed by atoms with E-state index in [0.717, 1.165) is 70.6 Å². The van der Waals surface area contributed by atoms with E-state index in [1.807, 2.05) is 0 Å². The number of carbonyl (C=O) groups is 2. The Morgan fingerprint density at radius 3 is 1.24 bits per heavy atom. The lowest BCUT2D eigenvalue weighted by Crippen LogP contribution is -2.29. The lowest BCUT2D eigenvalue weighted by molar-refractivity contribution is -0.161. The van der Waals surface area contributed by atoms with E-state index in [0.29, 0.717) is 6.42 Å². The SMILES string of the molecule is CC/C=C\C/C=C\C/C=C\C/C=C\C/C=C\CCCCCCCCCCCCCCCCCCCCCCCCCC(=O)OC(COC(=O)CCCCCCCC)COP(=O)(O)OCCN. The van der Waals surface area contributed by atoms with Gasteiger partial charge in [0.25, 0.3) is 0 Å². The van der Waals surface area contributed by atoms with Crippen molar-refractivity contribution >= 4 is 19.8 Å². The highest BCUT2D eigenvalue weighted by molar-refractivity contribution is 7.47. The van der Waals surface area contributed by atoms with E-state index in [2.05, 4.69) is 74.6 Å². The molecule has 2 unspecified atom stereocenters. The number of ether oxygens (including phenoxy) is 2. The van der Waals surface area contributed by atoms with Gasteiger partial charge in [0.2, 0.25) is 0 Å². The molecular formula is C56H102NO8P. The monoisotopic (exact) mass is 948 g/mol. The molecular weight excluding hydrogens is 846 g/mol. The summed E-state index contributed by atoms with van der Waals surface area (Å²) in [4.78, 5) is 34.7. The Bertz CT molecular complexity index is 1260. The molecule has 0 aliphatic carbocycles. The highest BCUT2D eigenvalue weighted by Crippen LogP contribution is 2.43. The van der Waals surface area contributed by atoms with Gasteiger partial charge in [0.1, 0.15) is 6.61 Å². The summed E-state index contributed by atoms with van der Waals surface area (Å²) in [5, 5.41) is 0. The van der Waals surface area contributed by atoms with Gasteiger partial charge in [-0.1, -0.05) is 242 Å². The Morgan fingerprint density at radius 1 is 0.470 bits per heavy atom. The molecule has 0 heterocycles. The highest BCUT2D eigenvalue weighted by Gasteiger charge is 2.26. The first-order valence-corrected chi connectivity index (χ1v) is 28.8. The summed E-state index contributed by atoms with van der Waals surface area (Å²) in [5.41, 5.74) is 5.34. The van der Waals surface area contributed by atoms with Crippen molar-refractivity contribution in [1.29, 1.82) is 0 Å². The predicted molar refractivity (Wildman–Crippen MR) is 279 cm³/mol. The second-order valence-electron chi connectivity index (χ2n) is 18.1. The van der Waals surface area contributed by atoms with Crippen LogP contribution in [0.4, 0.5) is 0 Å². The van der Waals surface area contributed by atoms with Gasteiger partial charge >= 0.3 is 19.8 Å². The minimum atomic E-state index is -4.37. The van der Waals surface area contributed by atoms with Crippen molar-refractivity contribution in [2.75, 3.05) is 26.4 Å². The van der Waals surface area contributed by atoms with E-state index in [4.69, 9.17) is 24.3 Å². The van der Waals surface area contributed by atoms with E-state index in [9.17, 15) is 19.0 Å². The molecule has 10 heteroatoms. The second-order valence-corrected chi connectivity index (χ2v) is 19.5. The molecule has 0 saturated carbocycles. The van der Waals surface area contributed by atoms with Crippen LogP contribution in [0.25, 0.3) is 0 Å². The van der Waals surface area contributed by atoms with Crippen LogP contribution in [0.1, 0.15) is 251 Å². The molecule has 9 nitrogen and oxygen atoms in total. The van der Waals surface area contributed by atoms with Crippen LogP contribution in [0.5, 0.6) is 0 Å². The largest absolute Gasteiger partial charge is 0.472 e. The summed E-state index contributed by atoms with van der Waals surface area (Å²) >= 11 is 0. The highest BCUT2D eigenvalue weighted by atomic mass is 31.2. The molecule has 0 amide bonds. The van der Waals surface area contributed by atoms with Crippen molar-refractivity contribution in [2.45, 2.75) is 258 Å². The number of allylic oxidation sites excluding steroid dienone is 10. The van der Waals surface area contributed by atoms with Gasteiger partial charge in [-0.05, 0) is 57.8 Å². The number of esters is 2. The number of phosphoric acid groups is 1. The maximum absolute atomic E-state index is 12.6. The van der Waals surface area contributed by atoms with Crippen LogP contribution < -0.4 is 5.73 Å². The molecule has 0 fully saturated rings. The quantitative estimate of drug-likeness (QED) is 0.0264. The molecule has 0 spiro atoms. The van der Waals surface area contributed by atoms with Gasteiger partial charge in [0, 0.05) is 19.4 Å². The van der Waals surface area contributed by atoms with E-state index in [-0.39, 0.29) is 38.6 Å². The average Bonchev–Trinajstić information content (AvgIpc) is 3.31. The standard InChI is InChI=1S/C56H102NO8P/c1-3-5-7-9-11-12-13-14-15-16-17-18-19-20-21-22-23-24-25-26-27-28-29-30-31-32-33-34-35-36-37-38-39-40-41-42-43-45-47-49-56(59)65-54(53-64-66(60,61)63-51-50-57)52-62-55(58)48-46-44-10-8-6-4-2/h5,7,11-12,14-15,17-18,20-21,54H,3-4,6,8-10,13,16,19,22-53,57H2,1-2H3,(H,60,61)/b7-5-,12-11-,15-14-,18-17-,21-20-. The van der Waals surface area contributed by atoms with Crippen LogP contribution >= 0.6 is 7.82 Å². The Hall–Kier alpha value is -2.29. The van der Waals surface area contributed by atoms with Crippen LogP contribution in [-0.2, 0) is 32.7 Å². The number of hydrogen-bond donors (Lipinski definition) is 2. The average molecular weight is 948 g/mol. The number of carbonyl (C=O) groups excluding carboxylic acids is 2. The van der Waals surface area contributed by atoms with Crippen LogP contribution in [0.2, 0.25) is 0 Å². The Balaban J connectivity index is 3.66. The lowest BCUT2D eigenvalue weighted by Gasteiger charge is -2.19. The van der Waals surface area contributed by atoms with Crippen molar-refractivity contribution in [3.8, 4) is 0 Å².